The van der Waals surface area contributed by atoms with E-state index in [2.05, 4.69) is 37.3 Å². The van der Waals surface area contributed by atoms with Crippen molar-refractivity contribution in [2.24, 2.45) is 23.2 Å². The summed E-state index contributed by atoms with van der Waals surface area (Å²) in [4.78, 5) is 10.5. The Morgan fingerprint density at radius 3 is 2.67 bits per heavy atom. The third-order valence-electron chi connectivity index (χ3n) is 7.28. The molecule has 5 atom stereocenters. The van der Waals surface area contributed by atoms with E-state index in [1.807, 2.05) is 12.2 Å². The molecular weight excluding hydrogens is 380 g/mol. The number of rotatable bonds is 8. The van der Waals surface area contributed by atoms with E-state index < -0.39 is 12.1 Å². The van der Waals surface area contributed by atoms with Crippen LogP contribution in [0.25, 0.3) is 0 Å². The molecule has 1 unspecified atom stereocenters. The van der Waals surface area contributed by atoms with Crippen molar-refractivity contribution in [2.75, 3.05) is 13.2 Å². The van der Waals surface area contributed by atoms with Crippen LogP contribution in [0.4, 0.5) is 0 Å². The number of hydrogen-bond acceptors (Lipinski definition) is 4. The van der Waals surface area contributed by atoms with Gasteiger partial charge in [0.25, 0.3) is 0 Å². The van der Waals surface area contributed by atoms with Gasteiger partial charge in [-0.05, 0) is 55.1 Å². The van der Waals surface area contributed by atoms with E-state index in [1.165, 1.54) is 16.7 Å². The van der Waals surface area contributed by atoms with E-state index in [1.54, 1.807) is 0 Å². The molecule has 1 aromatic rings. The molecule has 3 aliphatic rings. The van der Waals surface area contributed by atoms with Crippen LogP contribution in [0.5, 0.6) is 0 Å². The van der Waals surface area contributed by atoms with Gasteiger partial charge in [0.2, 0.25) is 0 Å². The molecule has 0 heterocycles. The molecule has 0 amide bonds. The van der Waals surface area contributed by atoms with Gasteiger partial charge in [0.15, 0.2) is 0 Å². The summed E-state index contributed by atoms with van der Waals surface area (Å²) in [7, 11) is 0. The Hall–Kier alpha value is -1.95. The van der Waals surface area contributed by atoms with Gasteiger partial charge < -0.3 is 20.1 Å². The van der Waals surface area contributed by atoms with Crippen molar-refractivity contribution in [1.29, 1.82) is 0 Å². The number of carboxylic acid groups (broad SMARTS) is 1. The molecule has 0 aliphatic heterocycles. The molecule has 3 aliphatic carbocycles. The zero-order valence-electron chi connectivity index (χ0n) is 17.5. The lowest BCUT2D eigenvalue weighted by atomic mass is 9.80. The van der Waals surface area contributed by atoms with Crippen molar-refractivity contribution >= 4 is 5.97 Å². The van der Waals surface area contributed by atoms with Gasteiger partial charge >= 0.3 is 5.97 Å². The summed E-state index contributed by atoms with van der Waals surface area (Å²) in [5, 5.41) is 30.2. The fraction of sp³-hybridized carbons (Fsp3) is 0.560. The minimum absolute atomic E-state index is 0.0470. The maximum Gasteiger partial charge on any atom is 0.329 e. The van der Waals surface area contributed by atoms with Crippen molar-refractivity contribution in [1.82, 2.24) is 0 Å². The fourth-order valence-electron chi connectivity index (χ4n) is 5.66. The average Bonchev–Trinajstić information content (AvgIpc) is 3.33. The maximum absolute atomic E-state index is 11.0. The number of allylic oxidation sites excluding steroid dienone is 1. The van der Waals surface area contributed by atoms with Crippen LogP contribution in [-0.2, 0) is 22.4 Å². The Labute approximate surface area is 178 Å². The summed E-state index contributed by atoms with van der Waals surface area (Å²) < 4.78 is 5.16. The van der Waals surface area contributed by atoms with Gasteiger partial charge in [0.1, 0.15) is 6.61 Å². The lowest BCUT2D eigenvalue weighted by Gasteiger charge is -2.28. The van der Waals surface area contributed by atoms with Crippen LogP contribution >= 0.6 is 0 Å². The highest BCUT2D eigenvalue weighted by Crippen LogP contribution is 2.48. The van der Waals surface area contributed by atoms with Crippen LogP contribution in [0.2, 0.25) is 0 Å². The Kier molecular flexibility index (Phi) is 6.14. The summed E-state index contributed by atoms with van der Waals surface area (Å²) in [6.07, 6.45) is 9.42. The summed E-state index contributed by atoms with van der Waals surface area (Å²) >= 11 is 0. The van der Waals surface area contributed by atoms with Crippen molar-refractivity contribution in [2.45, 2.75) is 51.2 Å². The quantitative estimate of drug-likeness (QED) is 0.451. The zero-order chi connectivity index (χ0) is 21.3. The van der Waals surface area contributed by atoms with Crippen LogP contribution in [0, 0.1) is 23.2 Å². The SMILES string of the molecule is CC1([C@H](O)/C=C/[C@@H]2C3CC(CCOCC(=O)O)=C[C@H]3C[C@H]2O)Cc2ccccc2C1. The number of aliphatic hydroxyl groups is 2. The first-order valence-electron chi connectivity index (χ1n) is 11.0. The van der Waals surface area contributed by atoms with E-state index in [-0.39, 0.29) is 24.0 Å². The lowest BCUT2D eigenvalue weighted by molar-refractivity contribution is -0.142. The number of carbonyl (C=O) groups is 1. The second kappa shape index (κ2) is 8.66. The molecule has 0 saturated heterocycles. The fourth-order valence-corrected chi connectivity index (χ4v) is 5.66. The monoisotopic (exact) mass is 412 g/mol. The molecule has 5 heteroatoms. The summed E-state index contributed by atoms with van der Waals surface area (Å²) in [6, 6.07) is 8.40. The number of hydrogen-bond donors (Lipinski definition) is 3. The molecule has 0 radical (unpaired) electrons. The highest BCUT2D eigenvalue weighted by molar-refractivity contribution is 5.67. The number of fused-ring (bicyclic) bond motifs is 2. The van der Waals surface area contributed by atoms with Crippen LogP contribution in [0.1, 0.15) is 37.3 Å². The third-order valence-corrected chi connectivity index (χ3v) is 7.28. The van der Waals surface area contributed by atoms with E-state index in [0.29, 0.717) is 18.4 Å². The Morgan fingerprint density at radius 2 is 2.00 bits per heavy atom. The molecule has 1 fully saturated rings. The maximum atomic E-state index is 11.0. The minimum Gasteiger partial charge on any atom is -0.480 e. The van der Waals surface area contributed by atoms with Crippen molar-refractivity contribution < 1.29 is 24.9 Å². The number of aliphatic hydroxyl groups excluding tert-OH is 2. The van der Waals surface area contributed by atoms with Crippen molar-refractivity contribution in [3.05, 3.63) is 59.2 Å². The molecule has 1 saturated carbocycles. The normalized spacial score (nSPS) is 30.3. The van der Waals surface area contributed by atoms with E-state index in [9.17, 15) is 15.0 Å². The van der Waals surface area contributed by atoms with Crippen LogP contribution in [0.15, 0.2) is 48.1 Å². The second-order valence-electron chi connectivity index (χ2n) is 9.54. The van der Waals surface area contributed by atoms with Crippen LogP contribution < -0.4 is 0 Å². The van der Waals surface area contributed by atoms with Crippen molar-refractivity contribution in [3.8, 4) is 0 Å². The highest BCUT2D eigenvalue weighted by atomic mass is 16.5. The molecule has 0 bridgehead atoms. The minimum atomic E-state index is -0.946. The van der Waals surface area contributed by atoms with Gasteiger partial charge in [-0.3, -0.25) is 0 Å². The second-order valence-corrected chi connectivity index (χ2v) is 9.54. The molecule has 0 aromatic heterocycles. The van der Waals surface area contributed by atoms with Gasteiger partial charge in [-0.2, -0.15) is 0 Å². The topological polar surface area (TPSA) is 87.0 Å². The molecular formula is C25H32O5. The molecule has 1 aromatic carbocycles. The largest absolute Gasteiger partial charge is 0.480 e. The Balaban J connectivity index is 1.34. The lowest BCUT2D eigenvalue weighted by Crippen LogP contribution is -2.32. The first-order chi connectivity index (χ1) is 14.4. The number of aliphatic carboxylic acids is 1. The Morgan fingerprint density at radius 1 is 1.30 bits per heavy atom. The molecule has 3 N–H and O–H groups in total. The number of benzene rings is 1. The summed E-state index contributed by atoms with van der Waals surface area (Å²) in [5.74, 6) is -0.192. The smallest absolute Gasteiger partial charge is 0.329 e. The van der Waals surface area contributed by atoms with E-state index in [4.69, 9.17) is 9.84 Å². The third kappa shape index (κ3) is 4.39. The predicted octanol–water partition coefficient (Wildman–Crippen LogP) is 3.14. The average molecular weight is 413 g/mol. The predicted molar refractivity (Wildman–Crippen MR) is 114 cm³/mol. The van der Waals surface area contributed by atoms with Crippen LogP contribution in [-0.4, -0.2) is 46.7 Å². The summed E-state index contributed by atoms with van der Waals surface area (Å²) in [5.41, 5.74) is 3.73. The first kappa shape index (κ1) is 21.3. The van der Waals surface area contributed by atoms with E-state index in [0.717, 1.165) is 32.1 Å². The molecule has 30 heavy (non-hydrogen) atoms. The van der Waals surface area contributed by atoms with Gasteiger partial charge in [-0.25, -0.2) is 4.79 Å². The zero-order valence-corrected chi connectivity index (χ0v) is 17.5. The van der Waals surface area contributed by atoms with Gasteiger partial charge in [0.05, 0.1) is 18.8 Å². The number of carboxylic acids is 1. The molecule has 0 spiro atoms. The van der Waals surface area contributed by atoms with Crippen LogP contribution in [0.3, 0.4) is 0 Å². The molecule has 5 nitrogen and oxygen atoms in total. The summed E-state index contributed by atoms with van der Waals surface area (Å²) in [6.45, 7) is 2.30. The first-order valence-corrected chi connectivity index (χ1v) is 11.0. The van der Waals surface area contributed by atoms with E-state index >= 15 is 0 Å². The number of ether oxygens (including phenoxy) is 1. The molecule has 162 valence electrons. The Bertz CT molecular complexity index is 817. The molecule has 4 rings (SSSR count). The standard InChI is InChI=1S/C25H32O5/c1-25(13-17-4-2-3-5-18(17)14-25)23(27)7-6-20-21-11-16(8-9-30-15-24(28)29)10-19(21)12-22(20)26/h2-7,10,19-23,26-27H,8-9,11-15H2,1H3,(H,28,29)/b7-6+/t19-,20+,21?,22+,23+/m0/s1. The van der Waals surface area contributed by atoms with Crippen molar-refractivity contribution in [3.63, 3.8) is 0 Å². The van der Waals surface area contributed by atoms with Gasteiger partial charge in [-0.15, -0.1) is 0 Å². The van der Waals surface area contributed by atoms with Gasteiger partial charge in [-0.1, -0.05) is 55.0 Å². The van der Waals surface area contributed by atoms with Gasteiger partial charge in [0, 0.05) is 11.3 Å². The highest BCUT2D eigenvalue weighted by Gasteiger charge is 2.44.